The molecule has 0 radical (unpaired) electrons. The zero-order valence-corrected chi connectivity index (χ0v) is 21.4. The number of nitrogens with zero attached hydrogens (tertiary/aromatic N) is 3. The third-order valence-corrected chi connectivity index (χ3v) is 6.14. The predicted octanol–water partition coefficient (Wildman–Crippen LogP) is 8.41. The van der Waals surface area contributed by atoms with Crippen LogP contribution in [0.1, 0.15) is 25.2 Å². The van der Waals surface area contributed by atoms with Gasteiger partial charge in [0.05, 0.1) is 34.2 Å². The first-order valence-electron chi connectivity index (χ1n) is 8.32. The van der Waals surface area contributed by atoms with Crippen LogP contribution < -0.4 is 0 Å². The lowest BCUT2D eigenvalue weighted by atomic mass is 10.2. The Balaban J connectivity index is 1.93. The molecule has 2 aromatic carbocycles. The van der Waals surface area contributed by atoms with E-state index in [1.165, 1.54) is 0 Å². The fourth-order valence-corrected chi connectivity index (χ4v) is 4.73. The molecule has 0 unspecified atom stereocenters. The van der Waals surface area contributed by atoms with Gasteiger partial charge in [-0.05, 0) is 94.2 Å². The van der Waals surface area contributed by atoms with Crippen molar-refractivity contribution in [2.45, 2.75) is 13.8 Å². The molecule has 0 bridgehead atoms. The van der Waals surface area contributed by atoms with Crippen LogP contribution in [0.3, 0.4) is 0 Å². The minimum atomic E-state index is 0.816. The number of aliphatic imine (C=N–C) groups is 2. The van der Waals surface area contributed by atoms with Crippen molar-refractivity contribution < 1.29 is 0 Å². The SMILES string of the molecule is C/C(=N\c1ccc(Br)cc1Br)c1cccc(/C(C)=N/c2ccc(Br)cc2Br)n1. The highest BCUT2D eigenvalue weighted by Crippen LogP contribution is 2.30. The van der Waals surface area contributed by atoms with E-state index in [0.29, 0.717) is 0 Å². The standard InChI is InChI=1S/C21H15Br4N3/c1-12(26-20-8-6-14(22)10-16(20)24)18-4-3-5-19(28-18)13(2)27-21-9-7-15(23)11-17(21)25/h3-11H,1-2H3/b26-12+,27-13+. The number of benzene rings is 2. The topological polar surface area (TPSA) is 37.6 Å². The lowest BCUT2D eigenvalue weighted by Gasteiger charge is -2.07. The molecule has 7 heteroatoms. The molecule has 0 saturated carbocycles. The number of hydrogen-bond donors (Lipinski definition) is 0. The smallest absolute Gasteiger partial charge is 0.0849 e. The molecule has 3 aromatic rings. The van der Waals surface area contributed by atoms with E-state index in [0.717, 1.165) is 52.1 Å². The Kier molecular flexibility index (Phi) is 7.36. The second kappa shape index (κ2) is 9.57. The van der Waals surface area contributed by atoms with Crippen molar-refractivity contribution in [3.8, 4) is 0 Å². The normalized spacial score (nSPS) is 12.4. The average Bonchev–Trinajstić information content (AvgIpc) is 2.66. The highest BCUT2D eigenvalue weighted by atomic mass is 79.9. The first kappa shape index (κ1) is 21.6. The third kappa shape index (κ3) is 5.47. The highest BCUT2D eigenvalue weighted by molar-refractivity contribution is 9.11. The quantitative estimate of drug-likeness (QED) is 0.267. The molecule has 0 aliphatic rings. The van der Waals surface area contributed by atoms with Crippen LogP contribution in [-0.2, 0) is 0 Å². The van der Waals surface area contributed by atoms with Gasteiger partial charge in [-0.15, -0.1) is 0 Å². The number of rotatable bonds is 4. The maximum atomic E-state index is 4.75. The van der Waals surface area contributed by atoms with E-state index in [1.54, 1.807) is 0 Å². The molecule has 0 aliphatic carbocycles. The zero-order chi connectivity index (χ0) is 20.3. The van der Waals surface area contributed by atoms with Crippen LogP contribution >= 0.6 is 63.7 Å². The summed E-state index contributed by atoms with van der Waals surface area (Å²) in [6.45, 7) is 3.91. The maximum absolute atomic E-state index is 4.75. The summed E-state index contributed by atoms with van der Waals surface area (Å²) >= 11 is 14.0. The van der Waals surface area contributed by atoms with Crippen molar-refractivity contribution in [2.24, 2.45) is 9.98 Å². The van der Waals surface area contributed by atoms with Crippen LogP contribution in [0, 0.1) is 0 Å². The second-order valence-electron chi connectivity index (χ2n) is 5.99. The molecular formula is C21H15Br4N3. The van der Waals surface area contributed by atoms with Gasteiger partial charge in [0, 0.05) is 17.9 Å². The minimum absolute atomic E-state index is 0.816. The molecule has 3 nitrogen and oxygen atoms in total. The minimum Gasteiger partial charge on any atom is -0.250 e. The summed E-state index contributed by atoms with van der Waals surface area (Å²) in [7, 11) is 0. The summed E-state index contributed by atoms with van der Waals surface area (Å²) in [4.78, 5) is 14.2. The second-order valence-corrected chi connectivity index (χ2v) is 9.53. The molecule has 0 amide bonds. The summed E-state index contributed by atoms with van der Waals surface area (Å²) < 4.78 is 3.86. The Labute approximate surface area is 197 Å². The van der Waals surface area contributed by atoms with Crippen molar-refractivity contribution in [1.29, 1.82) is 0 Å². The first-order chi connectivity index (χ1) is 13.3. The Hall–Kier alpha value is -1.15. The number of halogens is 4. The van der Waals surface area contributed by atoms with Crippen LogP contribution in [0.15, 0.2) is 82.5 Å². The Morgan fingerprint density at radius 3 is 1.50 bits per heavy atom. The Bertz CT molecular complexity index is 1010. The van der Waals surface area contributed by atoms with Crippen molar-refractivity contribution in [2.75, 3.05) is 0 Å². The predicted molar refractivity (Wildman–Crippen MR) is 132 cm³/mol. The fraction of sp³-hybridized carbons (Fsp3) is 0.0952. The molecule has 3 rings (SSSR count). The van der Waals surface area contributed by atoms with E-state index in [9.17, 15) is 0 Å². The molecule has 0 spiro atoms. The number of hydrogen-bond acceptors (Lipinski definition) is 3. The van der Waals surface area contributed by atoms with Crippen LogP contribution in [0.25, 0.3) is 0 Å². The van der Waals surface area contributed by atoms with Crippen LogP contribution in [0.2, 0.25) is 0 Å². The van der Waals surface area contributed by atoms with Gasteiger partial charge in [0.1, 0.15) is 0 Å². The van der Waals surface area contributed by atoms with Crippen molar-refractivity contribution in [1.82, 2.24) is 4.98 Å². The molecule has 142 valence electrons. The highest BCUT2D eigenvalue weighted by Gasteiger charge is 2.07. The molecule has 28 heavy (non-hydrogen) atoms. The van der Waals surface area contributed by atoms with Gasteiger partial charge in [-0.25, -0.2) is 4.98 Å². The maximum Gasteiger partial charge on any atom is 0.0849 e. The Morgan fingerprint density at radius 1 is 0.679 bits per heavy atom. The Morgan fingerprint density at radius 2 is 1.11 bits per heavy atom. The summed E-state index contributed by atoms with van der Waals surface area (Å²) in [5, 5.41) is 0. The molecule has 0 saturated heterocycles. The van der Waals surface area contributed by atoms with E-state index in [4.69, 9.17) is 15.0 Å². The van der Waals surface area contributed by atoms with Gasteiger partial charge in [0.2, 0.25) is 0 Å². The molecule has 0 atom stereocenters. The van der Waals surface area contributed by atoms with E-state index in [1.807, 2.05) is 68.4 Å². The van der Waals surface area contributed by atoms with Gasteiger partial charge in [0.15, 0.2) is 0 Å². The zero-order valence-electron chi connectivity index (χ0n) is 15.0. The average molecular weight is 629 g/mol. The molecule has 0 aliphatic heterocycles. The summed E-state index contributed by atoms with van der Waals surface area (Å²) in [5.74, 6) is 0. The first-order valence-corrected chi connectivity index (χ1v) is 11.5. The van der Waals surface area contributed by atoms with Crippen molar-refractivity contribution in [3.05, 3.63) is 83.9 Å². The number of pyridine rings is 1. The van der Waals surface area contributed by atoms with Gasteiger partial charge < -0.3 is 0 Å². The lowest BCUT2D eigenvalue weighted by molar-refractivity contribution is 1.24. The van der Waals surface area contributed by atoms with Crippen molar-refractivity contribution >= 4 is 86.5 Å². The van der Waals surface area contributed by atoms with Crippen LogP contribution in [0.5, 0.6) is 0 Å². The largest absolute Gasteiger partial charge is 0.250 e. The van der Waals surface area contributed by atoms with Gasteiger partial charge in [-0.1, -0.05) is 37.9 Å². The van der Waals surface area contributed by atoms with E-state index < -0.39 is 0 Å². The molecular weight excluding hydrogens is 614 g/mol. The summed E-state index contributed by atoms with van der Waals surface area (Å²) in [5.41, 5.74) is 5.02. The molecule has 0 N–H and O–H groups in total. The fourth-order valence-electron chi connectivity index (χ4n) is 2.46. The van der Waals surface area contributed by atoms with Crippen LogP contribution in [-0.4, -0.2) is 16.4 Å². The van der Waals surface area contributed by atoms with Crippen LogP contribution in [0.4, 0.5) is 11.4 Å². The van der Waals surface area contributed by atoms with E-state index >= 15 is 0 Å². The number of aromatic nitrogens is 1. The van der Waals surface area contributed by atoms with E-state index in [2.05, 4.69) is 63.7 Å². The summed E-state index contributed by atoms with van der Waals surface area (Å²) in [6, 6.07) is 17.7. The third-order valence-electron chi connectivity index (χ3n) is 3.89. The lowest BCUT2D eigenvalue weighted by Crippen LogP contribution is -2.05. The van der Waals surface area contributed by atoms with Gasteiger partial charge in [-0.2, -0.15) is 0 Å². The van der Waals surface area contributed by atoms with Gasteiger partial charge in [-0.3, -0.25) is 9.98 Å². The summed E-state index contributed by atoms with van der Waals surface area (Å²) in [6.07, 6.45) is 0. The van der Waals surface area contributed by atoms with Gasteiger partial charge >= 0.3 is 0 Å². The monoisotopic (exact) mass is 625 g/mol. The molecule has 0 fully saturated rings. The van der Waals surface area contributed by atoms with Gasteiger partial charge in [0.25, 0.3) is 0 Å². The van der Waals surface area contributed by atoms with E-state index in [-0.39, 0.29) is 0 Å². The molecule has 1 aromatic heterocycles. The molecule has 1 heterocycles. The van der Waals surface area contributed by atoms with Crippen molar-refractivity contribution in [3.63, 3.8) is 0 Å².